The number of nitrogens with one attached hydrogen (secondary N) is 4. The van der Waals surface area contributed by atoms with E-state index in [1.807, 2.05) is 33.8 Å². The van der Waals surface area contributed by atoms with Gasteiger partial charge in [-0.2, -0.15) is 5.10 Å². The molecule has 1 aromatic rings. The fourth-order valence-corrected chi connectivity index (χ4v) is 1.68. The van der Waals surface area contributed by atoms with Gasteiger partial charge in [0.05, 0.1) is 12.2 Å². The van der Waals surface area contributed by atoms with E-state index in [1.165, 1.54) is 0 Å². The number of aromatic nitrogens is 2. The number of alkyl carbamates (subject to hydrolysis) is 1. The average molecular weight is 324 g/mol. The Hall–Kier alpha value is -2.25. The number of carbonyl (C=O) groups is 1. The van der Waals surface area contributed by atoms with E-state index in [9.17, 15) is 4.79 Å². The van der Waals surface area contributed by atoms with E-state index in [0.717, 1.165) is 24.6 Å². The van der Waals surface area contributed by atoms with Crippen LogP contribution >= 0.6 is 0 Å². The fourth-order valence-electron chi connectivity index (χ4n) is 1.68. The number of ether oxygens (including phenoxy) is 1. The second-order valence-corrected chi connectivity index (χ2v) is 5.99. The zero-order chi connectivity index (χ0) is 17.1. The third-order valence-electron chi connectivity index (χ3n) is 2.62. The van der Waals surface area contributed by atoms with Gasteiger partial charge in [0.1, 0.15) is 5.60 Å². The number of guanidine groups is 1. The summed E-state index contributed by atoms with van der Waals surface area (Å²) in [4.78, 5) is 15.9. The highest BCUT2D eigenvalue weighted by atomic mass is 16.6. The first-order valence-corrected chi connectivity index (χ1v) is 7.88. The van der Waals surface area contributed by atoms with Crippen LogP contribution in [0.25, 0.3) is 0 Å². The highest BCUT2D eigenvalue weighted by molar-refractivity contribution is 5.79. The highest BCUT2D eigenvalue weighted by Gasteiger charge is 2.15. The molecule has 0 spiro atoms. The van der Waals surface area contributed by atoms with Gasteiger partial charge in [-0.3, -0.25) is 5.10 Å². The van der Waals surface area contributed by atoms with Gasteiger partial charge in [-0.15, -0.1) is 0 Å². The number of nitrogens with zero attached hydrogens (tertiary/aromatic N) is 2. The normalized spacial score (nSPS) is 11.9. The van der Waals surface area contributed by atoms with Crippen LogP contribution in [0.1, 0.15) is 39.8 Å². The maximum Gasteiger partial charge on any atom is 0.407 e. The highest BCUT2D eigenvalue weighted by Crippen LogP contribution is 2.06. The van der Waals surface area contributed by atoms with Crippen LogP contribution in [0.15, 0.2) is 17.3 Å². The van der Waals surface area contributed by atoms with Crippen molar-refractivity contribution in [1.29, 1.82) is 0 Å². The maximum atomic E-state index is 11.5. The summed E-state index contributed by atoms with van der Waals surface area (Å²) in [6.07, 6.45) is 2.08. The number of aliphatic imine (C=N–C) groups is 1. The SMILES string of the molecule is CCNC(=NCc1ccn[nH]1)NCCCNC(=O)OC(C)(C)C. The number of hydrogen-bond donors (Lipinski definition) is 4. The lowest BCUT2D eigenvalue weighted by Crippen LogP contribution is -2.39. The molecule has 8 nitrogen and oxygen atoms in total. The Bertz CT molecular complexity index is 479. The number of aromatic amines is 1. The molecule has 0 atom stereocenters. The van der Waals surface area contributed by atoms with E-state index < -0.39 is 11.7 Å². The molecule has 1 aromatic heterocycles. The molecule has 1 heterocycles. The predicted molar refractivity (Wildman–Crippen MR) is 90.3 cm³/mol. The second-order valence-electron chi connectivity index (χ2n) is 5.99. The van der Waals surface area contributed by atoms with Crippen LogP contribution < -0.4 is 16.0 Å². The van der Waals surface area contributed by atoms with Crippen LogP contribution in [0.3, 0.4) is 0 Å². The third kappa shape index (κ3) is 9.38. The summed E-state index contributed by atoms with van der Waals surface area (Å²) in [6, 6.07) is 1.89. The molecule has 0 aliphatic rings. The van der Waals surface area contributed by atoms with Crippen molar-refractivity contribution in [3.05, 3.63) is 18.0 Å². The fraction of sp³-hybridized carbons (Fsp3) is 0.667. The minimum absolute atomic E-state index is 0.391. The number of carbonyl (C=O) groups excluding carboxylic acids is 1. The van der Waals surface area contributed by atoms with Crippen LogP contribution in [-0.2, 0) is 11.3 Å². The van der Waals surface area contributed by atoms with Crippen LogP contribution in [0.4, 0.5) is 4.79 Å². The van der Waals surface area contributed by atoms with E-state index in [2.05, 4.69) is 31.1 Å². The molecule has 0 aromatic carbocycles. The molecule has 0 saturated heterocycles. The molecule has 0 bridgehead atoms. The van der Waals surface area contributed by atoms with E-state index in [1.54, 1.807) is 6.20 Å². The largest absolute Gasteiger partial charge is 0.444 e. The van der Waals surface area contributed by atoms with Crippen LogP contribution in [0.5, 0.6) is 0 Å². The molecule has 130 valence electrons. The van der Waals surface area contributed by atoms with Gasteiger partial charge in [0, 0.05) is 25.8 Å². The summed E-state index contributed by atoms with van der Waals surface area (Å²) in [5, 5.41) is 15.9. The zero-order valence-corrected chi connectivity index (χ0v) is 14.4. The first kappa shape index (κ1) is 18.8. The van der Waals surface area contributed by atoms with Crippen LogP contribution in [-0.4, -0.2) is 47.5 Å². The second kappa shape index (κ2) is 9.70. The minimum Gasteiger partial charge on any atom is -0.444 e. The minimum atomic E-state index is -0.472. The van der Waals surface area contributed by atoms with Crippen molar-refractivity contribution in [3.63, 3.8) is 0 Å². The Kier molecular flexibility index (Phi) is 7.93. The molecule has 1 rings (SSSR count). The molecule has 0 radical (unpaired) electrons. The predicted octanol–water partition coefficient (Wildman–Crippen LogP) is 1.38. The van der Waals surface area contributed by atoms with E-state index in [-0.39, 0.29) is 0 Å². The molecule has 0 saturated carbocycles. The maximum absolute atomic E-state index is 11.5. The van der Waals surface area contributed by atoms with Gasteiger partial charge in [-0.1, -0.05) is 0 Å². The first-order chi connectivity index (χ1) is 10.9. The number of hydrogen-bond acceptors (Lipinski definition) is 4. The molecule has 23 heavy (non-hydrogen) atoms. The average Bonchev–Trinajstić information content (AvgIpc) is 2.95. The van der Waals surface area contributed by atoms with Crippen molar-refractivity contribution in [1.82, 2.24) is 26.1 Å². The lowest BCUT2D eigenvalue weighted by molar-refractivity contribution is 0.0527. The van der Waals surface area contributed by atoms with Gasteiger partial charge in [0.25, 0.3) is 0 Å². The smallest absolute Gasteiger partial charge is 0.407 e. The molecule has 8 heteroatoms. The van der Waals surface area contributed by atoms with Gasteiger partial charge in [0.15, 0.2) is 5.96 Å². The lowest BCUT2D eigenvalue weighted by Gasteiger charge is -2.19. The van der Waals surface area contributed by atoms with Crippen molar-refractivity contribution in [2.45, 2.75) is 46.3 Å². The van der Waals surface area contributed by atoms with Crippen molar-refractivity contribution < 1.29 is 9.53 Å². The summed E-state index contributed by atoms with van der Waals surface area (Å²) < 4.78 is 5.17. The summed E-state index contributed by atoms with van der Waals surface area (Å²) in [5.74, 6) is 0.736. The summed E-state index contributed by atoms with van der Waals surface area (Å²) >= 11 is 0. The van der Waals surface area contributed by atoms with E-state index in [4.69, 9.17) is 4.74 Å². The van der Waals surface area contributed by atoms with Gasteiger partial charge < -0.3 is 20.7 Å². The topological polar surface area (TPSA) is 103 Å². The first-order valence-electron chi connectivity index (χ1n) is 7.88. The number of rotatable bonds is 7. The van der Waals surface area contributed by atoms with E-state index >= 15 is 0 Å². The quantitative estimate of drug-likeness (QED) is 0.345. The van der Waals surface area contributed by atoms with Crippen molar-refractivity contribution in [2.75, 3.05) is 19.6 Å². The lowest BCUT2D eigenvalue weighted by atomic mass is 10.2. The van der Waals surface area contributed by atoms with Gasteiger partial charge in [0.2, 0.25) is 0 Å². The number of H-pyrrole nitrogens is 1. The standard InChI is InChI=1S/C15H28N6O2/c1-5-16-13(19-11-12-7-10-20-21-12)17-8-6-9-18-14(22)23-15(2,3)4/h7,10H,5-6,8-9,11H2,1-4H3,(H,18,22)(H,20,21)(H2,16,17,19). The van der Waals surface area contributed by atoms with E-state index in [0.29, 0.717) is 19.6 Å². The third-order valence-corrected chi connectivity index (χ3v) is 2.62. The van der Waals surface area contributed by atoms with Crippen molar-refractivity contribution in [3.8, 4) is 0 Å². The molecule has 0 fully saturated rings. The zero-order valence-electron chi connectivity index (χ0n) is 14.4. The molecule has 4 N–H and O–H groups in total. The molecular formula is C15H28N6O2. The molecule has 0 aliphatic carbocycles. The Morgan fingerprint density at radius 2 is 2.04 bits per heavy atom. The molecule has 0 unspecified atom stereocenters. The van der Waals surface area contributed by atoms with Crippen molar-refractivity contribution >= 4 is 12.1 Å². The Morgan fingerprint density at radius 1 is 1.30 bits per heavy atom. The Labute approximate surface area is 137 Å². The summed E-state index contributed by atoms with van der Waals surface area (Å²) in [6.45, 7) is 10.1. The summed E-state index contributed by atoms with van der Waals surface area (Å²) in [7, 11) is 0. The van der Waals surface area contributed by atoms with Gasteiger partial charge >= 0.3 is 6.09 Å². The Morgan fingerprint density at radius 3 is 2.65 bits per heavy atom. The van der Waals surface area contributed by atoms with Crippen LogP contribution in [0.2, 0.25) is 0 Å². The summed E-state index contributed by atoms with van der Waals surface area (Å²) in [5.41, 5.74) is 0.480. The van der Waals surface area contributed by atoms with Crippen molar-refractivity contribution in [2.24, 2.45) is 4.99 Å². The molecule has 0 aliphatic heterocycles. The molecule has 1 amide bonds. The van der Waals surface area contributed by atoms with Crippen LogP contribution in [0, 0.1) is 0 Å². The van der Waals surface area contributed by atoms with Gasteiger partial charge in [-0.25, -0.2) is 9.79 Å². The van der Waals surface area contributed by atoms with Gasteiger partial charge in [-0.05, 0) is 40.2 Å². The number of amides is 1. The monoisotopic (exact) mass is 324 g/mol. The molecular weight excluding hydrogens is 296 g/mol. The Balaban J connectivity index is 2.22.